The second kappa shape index (κ2) is 3.82. The summed E-state index contributed by atoms with van der Waals surface area (Å²) in [6.07, 6.45) is 4.62. The molecule has 4 atom stereocenters. The van der Waals surface area contributed by atoms with E-state index in [4.69, 9.17) is 0 Å². The van der Waals surface area contributed by atoms with Gasteiger partial charge in [-0.3, -0.25) is 4.90 Å². The van der Waals surface area contributed by atoms with Crippen molar-refractivity contribution >= 4 is 0 Å². The Morgan fingerprint density at radius 1 is 1.07 bits per heavy atom. The lowest BCUT2D eigenvalue weighted by Crippen LogP contribution is -2.46. The standard InChI is InChI=1S/C12H23NO/c1-8(2)13-10-5-6-11(13)12(14)7-4-9(10)3/h8-12,14H,4-7H2,1-3H3/t9-,10+,11-,12+/m0/s1. The van der Waals surface area contributed by atoms with Crippen LogP contribution in [-0.4, -0.2) is 34.2 Å². The Kier molecular flexibility index (Phi) is 2.85. The van der Waals surface area contributed by atoms with E-state index in [0.29, 0.717) is 12.1 Å². The molecule has 2 aliphatic heterocycles. The molecule has 2 bridgehead atoms. The van der Waals surface area contributed by atoms with E-state index in [1.807, 2.05) is 0 Å². The van der Waals surface area contributed by atoms with Crippen LogP contribution < -0.4 is 0 Å². The lowest BCUT2D eigenvalue weighted by atomic mass is 9.91. The number of aliphatic hydroxyl groups excluding tert-OH is 1. The van der Waals surface area contributed by atoms with E-state index in [1.54, 1.807) is 0 Å². The zero-order chi connectivity index (χ0) is 10.3. The van der Waals surface area contributed by atoms with Gasteiger partial charge in [-0.2, -0.15) is 0 Å². The number of aliphatic hydroxyl groups is 1. The zero-order valence-corrected chi connectivity index (χ0v) is 9.61. The summed E-state index contributed by atoms with van der Waals surface area (Å²) in [5.41, 5.74) is 0. The molecule has 2 aliphatic rings. The summed E-state index contributed by atoms with van der Waals surface area (Å²) in [4.78, 5) is 2.57. The average molecular weight is 197 g/mol. The van der Waals surface area contributed by atoms with Crippen molar-refractivity contribution in [3.8, 4) is 0 Å². The number of rotatable bonds is 1. The highest BCUT2D eigenvalue weighted by atomic mass is 16.3. The molecule has 0 saturated carbocycles. The fraction of sp³-hybridized carbons (Fsp3) is 1.00. The third-order valence-corrected chi connectivity index (χ3v) is 4.14. The maximum absolute atomic E-state index is 10.1. The normalized spacial score (nSPS) is 44.4. The monoisotopic (exact) mass is 197 g/mol. The summed E-state index contributed by atoms with van der Waals surface area (Å²) in [5.74, 6) is 0.763. The third kappa shape index (κ3) is 1.59. The maximum Gasteiger partial charge on any atom is 0.0695 e. The fourth-order valence-electron chi connectivity index (χ4n) is 3.44. The van der Waals surface area contributed by atoms with E-state index in [9.17, 15) is 5.11 Å². The highest BCUT2D eigenvalue weighted by Gasteiger charge is 2.43. The Bertz CT molecular complexity index is 186. The predicted octanol–water partition coefficient (Wildman–Crippen LogP) is 2.02. The van der Waals surface area contributed by atoms with E-state index >= 15 is 0 Å². The number of hydrogen-bond acceptors (Lipinski definition) is 2. The van der Waals surface area contributed by atoms with Gasteiger partial charge in [-0.25, -0.2) is 0 Å². The first-order chi connectivity index (χ1) is 6.61. The van der Waals surface area contributed by atoms with Crippen LogP contribution in [0, 0.1) is 5.92 Å². The van der Waals surface area contributed by atoms with E-state index in [0.717, 1.165) is 18.4 Å². The van der Waals surface area contributed by atoms with Crippen molar-refractivity contribution in [3.63, 3.8) is 0 Å². The lowest BCUT2D eigenvalue weighted by Gasteiger charge is -2.35. The Morgan fingerprint density at radius 2 is 1.71 bits per heavy atom. The minimum Gasteiger partial charge on any atom is -0.391 e. The van der Waals surface area contributed by atoms with Gasteiger partial charge < -0.3 is 5.11 Å². The first-order valence-corrected chi connectivity index (χ1v) is 6.06. The van der Waals surface area contributed by atoms with Crippen LogP contribution in [0.5, 0.6) is 0 Å². The summed E-state index contributed by atoms with van der Waals surface area (Å²) < 4.78 is 0. The molecule has 2 heteroatoms. The van der Waals surface area contributed by atoms with Gasteiger partial charge in [0.05, 0.1) is 6.10 Å². The van der Waals surface area contributed by atoms with Crippen molar-refractivity contribution in [3.05, 3.63) is 0 Å². The van der Waals surface area contributed by atoms with E-state index in [-0.39, 0.29) is 6.10 Å². The van der Waals surface area contributed by atoms with E-state index in [1.165, 1.54) is 19.3 Å². The second-order valence-corrected chi connectivity index (χ2v) is 5.37. The quantitative estimate of drug-likeness (QED) is 0.695. The molecule has 2 rings (SSSR count). The molecule has 0 aliphatic carbocycles. The van der Waals surface area contributed by atoms with Crippen LogP contribution in [0.3, 0.4) is 0 Å². The Hall–Kier alpha value is -0.0800. The highest BCUT2D eigenvalue weighted by molar-refractivity contribution is 4.97. The molecular weight excluding hydrogens is 174 g/mol. The van der Waals surface area contributed by atoms with Crippen LogP contribution in [0.1, 0.15) is 46.5 Å². The van der Waals surface area contributed by atoms with Crippen molar-refractivity contribution < 1.29 is 5.11 Å². The summed E-state index contributed by atoms with van der Waals surface area (Å²) in [7, 11) is 0. The highest BCUT2D eigenvalue weighted by Crippen LogP contribution is 2.38. The Labute approximate surface area is 87.3 Å². The van der Waals surface area contributed by atoms with Gasteiger partial charge in [0.2, 0.25) is 0 Å². The van der Waals surface area contributed by atoms with Crippen molar-refractivity contribution in [1.82, 2.24) is 4.90 Å². The van der Waals surface area contributed by atoms with Gasteiger partial charge in [-0.1, -0.05) is 6.92 Å². The van der Waals surface area contributed by atoms with Crippen LogP contribution in [0.4, 0.5) is 0 Å². The molecule has 2 nitrogen and oxygen atoms in total. The molecule has 2 heterocycles. The second-order valence-electron chi connectivity index (χ2n) is 5.37. The van der Waals surface area contributed by atoms with Crippen LogP contribution >= 0.6 is 0 Å². The summed E-state index contributed by atoms with van der Waals surface area (Å²) >= 11 is 0. The van der Waals surface area contributed by atoms with Gasteiger partial charge in [0.1, 0.15) is 0 Å². The number of hydrogen-bond donors (Lipinski definition) is 1. The molecule has 2 fully saturated rings. The van der Waals surface area contributed by atoms with Crippen molar-refractivity contribution in [2.24, 2.45) is 5.92 Å². The van der Waals surface area contributed by atoms with Crippen LogP contribution in [0.25, 0.3) is 0 Å². The van der Waals surface area contributed by atoms with Gasteiger partial charge in [0.15, 0.2) is 0 Å². The van der Waals surface area contributed by atoms with Crippen molar-refractivity contribution in [2.75, 3.05) is 0 Å². The van der Waals surface area contributed by atoms with Crippen LogP contribution in [-0.2, 0) is 0 Å². The third-order valence-electron chi connectivity index (χ3n) is 4.14. The molecule has 0 aromatic heterocycles. The Balaban J connectivity index is 2.21. The Morgan fingerprint density at radius 3 is 2.36 bits per heavy atom. The molecule has 1 N–H and O–H groups in total. The van der Waals surface area contributed by atoms with E-state index in [2.05, 4.69) is 25.7 Å². The van der Waals surface area contributed by atoms with Crippen LogP contribution in [0.15, 0.2) is 0 Å². The minimum absolute atomic E-state index is 0.0765. The van der Waals surface area contributed by atoms with Crippen molar-refractivity contribution in [2.45, 2.75) is 70.7 Å². The smallest absolute Gasteiger partial charge is 0.0695 e. The molecule has 0 radical (unpaired) electrons. The largest absolute Gasteiger partial charge is 0.391 e. The molecule has 0 spiro atoms. The molecule has 0 aromatic carbocycles. The minimum atomic E-state index is -0.0765. The molecule has 0 amide bonds. The molecule has 2 saturated heterocycles. The average Bonchev–Trinajstić information content (AvgIpc) is 2.52. The predicted molar refractivity (Wildman–Crippen MR) is 58.2 cm³/mol. The first-order valence-electron chi connectivity index (χ1n) is 6.06. The fourth-order valence-corrected chi connectivity index (χ4v) is 3.44. The molecule has 0 aromatic rings. The molecule has 14 heavy (non-hydrogen) atoms. The first kappa shape index (κ1) is 10.4. The van der Waals surface area contributed by atoms with Crippen molar-refractivity contribution in [1.29, 1.82) is 0 Å². The zero-order valence-electron chi connectivity index (χ0n) is 9.61. The van der Waals surface area contributed by atoms with Gasteiger partial charge in [-0.05, 0) is 45.4 Å². The number of nitrogens with zero attached hydrogens (tertiary/aromatic N) is 1. The van der Waals surface area contributed by atoms with Gasteiger partial charge >= 0.3 is 0 Å². The van der Waals surface area contributed by atoms with Gasteiger partial charge in [0.25, 0.3) is 0 Å². The van der Waals surface area contributed by atoms with Gasteiger partial charge in [0, 0.05) is 18.1 Å². The number of fused-ring (bicyclic) bond motifs is 2. The van der Waals surface area contributed by atoms with Crippen LogP contribution in [0.2, 0.25) is 0 Å². The molecule has 0 unspecified atom stereocenters. The maximum atomic E-state index is 10.1. The van der Waals surface area contributed by atoms with Gasteiger partial charge in [-0.15, -0.1) is 0 Å². The lowest BCUT2D eigenvalue weighted by molar-refractivity contribution is 0.0461. The summed E-state index contributed by atoms with van der Waals surface area (Å²) in [5, 5.41) is 10.1. The topological polar surface area (TPSA) is 23.5 Å². The summed E-state index contributed by atoms with van der Waals surface area (Å²) in [6, 6.07) is 1.77. The molecule has 82 valence electrons. The molecular formula is C12H23NO. The van der Waals surface area contributed by atoms with E-state index < -0.39 is 0 Å². The summed E-state index contributed by atoms with van der Waals surface area (Å²) in [6.45, 7) is 6.87. The SMILES string of the molecule is CC(C)N1[C@@H]2CC[C@H]1[C@H](O)CC[C@@H]2C.